The van der Waals surface area contributed by atoms with E-state index in [4.69, 9.17) is 21.4 Å². The summed E-state index contributed by atoms with van der Waals surface area (Å²) in [4.78, 5) is 21.9. The van der Waals surface area contributed by atoms with Gasteiger partial charge in [-0.05, 0) is 30.2 Å². The number of benzene rings is 1. The predicted octanol–water partition coefficient (Wildman–Crippen LogP) is 1.68. The molecule has 2 unspecified atom stereocenters. The van der Waals surface area contributed by atoms with E-state index in [1.54, 1.807) is 0 Å². The summed E-state index contributed by atoms with van der Waals surface area (Å²) < 4.78 is 4.98. The summed E-state index contributed by atoms with van der Waals surface area (Å²) in [6, 6.07) is 4.28. The first-order chi connectivity index (χ1) is 8.36. The van der Waals surface area contributed by atoms with Gasteiger partial charge in [0.15, 0.2) is 11.9 Å². The molecule has 0 radical (unpaired) electrons. The Balaban J connectivity index is 3.25. The Hall–Kier alpha value is -1.59. The normalized spacial score (nSPS) is 13.8. The first kappa shape index (κ1) is 14.5. The lowest BCUT2D eigenvalue weighted by Crippen LogP contribution is -2.12. The minimum Gasteiger partial charge on any atom is -0.497 e. The molecular formula is C12H13ClO5. The number of carbonyl (C=O) groups excluding carboxylic acids is 1. The highest BCUT2D eigenvalue weighted by atomic mass is 35.5. The molecule has 0 aliphatic carbocycles. The van der Waals surface area contributed by atoms with Crippen LogP contribution in [0.1, 0.15) is 29.5 Å². The van der Waals surface area contributed by atoms with Gasteiger partial charge >= 0.3 is 5.97 Å². The number of methoxy groups -OCH3 is 1. The van der Waals surface area contributed by atoms with Gasteiger partial charge in [0, 0.05) is 0 Å². The molecule has 1 aromatic rings. The third-order valence-electron chi connectivity index (χ3n) is 2.39. The Morgan fingerprint density at radius 2 is 1.83 bits per heavy atom. The number of aliphatic hydroxyl groups excluding tert-OH is 1. The number of alkyl halides is 1. The number of Topliss-reactive ketones (excluding diaryl/α,β-unsaturated/α-hetero) is 1. The van der Waals surface area contributed by atoms with E-state index in [1.165, 1.54) is 32.2 Å². The van der Waals surface area contributed by atoms with Crippen LogP contribution >= 0.6 is 11.6 Å². The van der Waals surface area contributed by atoms with Gasteiger partial charge in [-0.1, -0.05) is 6.07 Å². The molecule has 1 aromatic carbocycles. The summed E-state index contributed by atoms with van der Waals surface area (Å²) in [5.74, 6) is -1.33. The maximum atomic E-state index is 11.2. The van der Waals surface area contributed by atoms with Crippen LogP contribution in [0.3, 0.4) is 0 Å². The number of hydrogen-bond acceptors (Lipinski definition) is 4. The van der Waals surface area contributed by atoms with E-state index in [2.05, 4.69) is 0 Å². The Morgan fingerprint density at radius 3 is 2.28 bits per heavy atom. The van der Waals surface area contributed by atoms with E-state index >= 15 is 0 Å². The second kappa shape index (κ2) is 5.84. The Kier molecular flexibility index (Phi) is 4.69. The monoisotopic (exact) mass is 272 g/mol. The number of ketones is 1. The van der Waals surface area contributed by atoms with Crippen molar-refractivity contribution in [1.82, 2.24) is 0 Å². The van der Waals surface area contributed by atoms with Crippen LogP contribution in [0.2, 0.25) is 0 Å². The third-order valence-corrected chi connectivity index (χ3v) is 2.95. The third kappa shape index (κ3) is 3.21. The summed E-state index contributed by atoms with van der Waals surface area (Å²) in [5.41, 5.74) is 0.502. The number of aliphatic hydroxyl groups is 1. The van der Waals surface area contributed by atoms with Gasteiger partial charge in [0.25, 0.3) is 0 Å². The standard InChI is InChI=1S/C12H13ClO5/c1-6(14)10(13)7-3-8(11(15)12(16)17)5-9(4-7)18-2/h3-5,10-11,15H,1-2H3,(H,16,17). The Morgan fingerprint density at radius 1 is 1.28 bits per heavy atom. The van der Waals surface area contributed by atoms with E-state index in [-0.39, 0.29) is 11.3 Å². The highest BCUT2D eigenvalue weighted by molar-refractivity contribution is 6.30. The lowest BCUT2D eigenvalue weighted by Gasteiger charge is -2.13. The van der Waals surface area contributed by atoms with Crippen molar-refractivity contribution in [1.29, 1.82) is 0 Å². The van der Waals surface area contributed by atoms with Crippen molar-refractivity contribution in [3.63, 3.8) is 0 Å². The van der Waals surface area contributed by atoms with E-state index in [1.807, 2.05) is 0 Å². The van der Waals surface area contributed by atoms with Crippen LogP contribution < -0.4 is 4.74 Å². The molecule has 0 aliphatic rings. The van der Waals surface area contributed by atoms with Gasteiger partial charge in [-0.15, -0.1) is 11.6 Å². The number of aliphatic carboxylic acids is 1. The first-order valence-corrected chi connectivity index (χ1v) is 5.54. The zero-order chi connectivity index (χ0) is 13.9. The van der Waals surface area contributed by atoms with Crippen molar-refractivity contribution < 1.29 is 24.5 Å². The Bertz CT molecular complexity index is 433. The van der Waals surface area contributed by atoms with Crippen molar-refractivity contribution in [2.45, 2.75) is 18.4 Å². The van der Waals surface area contributed by atoms with Gasteiger partial charge in [-0.2, -0.15) is 0 Å². The van der Waals surface area contributed by atoms with Crippen LogP contribution in [0.4, 0.5) is 0 Å². The fourth-order valence-corrected chi connectivity index (χ4v) is 1.57. The molecule has 0 fully saturated rings. The number of carbonyl (C=O) groups is 2. The van der Waals surface area contributed by atoms with Gasteiger partial charge < -0.3 is 14.9 Å². The number of carboxylic acids is 1. The smallest absolute Gasteiger partial charge is 0.337 e. The molecule has 0 aromatic heterocycles. The summed E-state index contributed by atoms with van der Waals surface area (Å²) in [7, 11) is 1.40. The predicted molar refractivity (Wildman–Crippen MR) is 64.9 cm³/mol. The molecule has 0 saturated carbocycles. The van der Waals surface area contributed by atoms with Crippen LogP contribution in [0.15, 0.2) is 18.2 Å². The zero-order valence-electron chi connectivity index (χ0n) is 9.88. The fourth-order valence-electron chi connectivity index (χ4n) is 1.45. The van der Waals surface area contributed by atoms with Crippen LogP contribution in [0.5, 0.6) is 5.75 Å². The molecule has 2 N–H and O–H groups in total. The lowest BCUT2D eigenvalue weighted by molar-refractivity contribution is -0.146. The van der Waals surface area contributed by atoms with Gasteiger partial charge in [-0.3, -0.25) is 4.79 Å². The molecule has 0 bridgehead atoms. The number of ether oxygens (including phenoxy) is 1. The summed E-state index contributed by atoms with van der Waals surface area (Å²) in [6.45, 7) is 1.32. The van der Waals surface area contributed by atoms with E-state index in [9.17, 15) is 14.7 Å². The number of carboxylic acid groups (broad SMARTS) is 1. The van der Waals surface area contributed by atoms with Crippen molar-refractivity contribution >= 4 is 23.4 Å². The molecule has 0 aliphatic heterocycles. The molecule has 18 heavy (non-hydrogen) atoms. The second-order valence-corrected chi connectivity index (χ2v) is 4.19. The van der Waals surface area contributed by atoms with Gasteiger partial charge in [0.05, 0.1) is 7.11 Å². The first-order valence-electron chi connectivity index (χ1n) is 5.11. The molecule has 98 valence electrons. The molecular weight excluding hydrogens is 260 g/mol. The van der Waals surface area contributed by atoms with Gasteiger partial charge in [-0.25, -0.2) is 4.79 Å². The molecule has 2 atom stereocenters. The maximum Gasteiger partial charge on any atom is 0.337 e. The largest absolute Gasteiger partial charge is 0.497 e. The summed E-state index contributed by atoms with van der Waals surface area (Å²) >= 11 is 5.89. The number of rotatable bonds is 5. The van der Waals surface area contributed by atoms with Gasteiger partial charge in [0.1, 0.15) is 11.1 Å². The van der Waals surface area contributed by atoms with Crippen molar-refractivity contribution in [3.05, 3.63) is 29.3 Å². The average Bonchev–Trinajstić information content (AvgIpc) is 2.35. The van der Waals surface area contributed by atoms with E-state index < -0.39 is 17.5 Å². The van der Waals surface area contributed by atoms with Crippen LogP contribution in [0, 0.1) is 0 Å². The summed E-state index contributed by atoms with van der Waals surface area (Å²) in [6.07, 6.45) is -1.69. The van der Waals surface area contributed by atoms with Crippen molar-refractivity contribution in [2.75, 3.05) is 7.11 Å². The van der Waals surface area contributed by atoms with Gasteiger partial charge in [0.2, 0.25) is 0 Å². The fraction of sp³-hybridized carbons (Fsp3) is 0.333. The van der Waals surface area contributed by atoms with E-state index in [0.29, 0.717) is 11.3 Å². The van der Waals surface area contributed by atoms with Crippen molar-refractivity contribution in [3.8, 4) is 5.75 Å². The summed E-state index contributed by atoms with van der Waals surface area (Å²) in [5, 5.41) is 17.3. The highest BCUT2D eigenvalue weighted by Gasteiger charge is 2.21. The quantitative estimate of drug-likeness (QED) is 0.797. The minimum absolute atomic E-state index is 0.115. The molecule has 6 heteroatoms. The number of halogens is 1. The topological polar surface area (TPSA) is 83.8 Å². The van der Waals surface area contributed by atoms with Crippen molar-refractivity contribution in [2.24, 2.45) is 0 Å². The molecule has 0 amide bonds. The second-order valence-electron chi connectivity index (χ2n) is 3.75. The molecule has 1 rings (SSSR count). The van der Waals surface area contributed by atoms with Crippen LogP contribution in [-0.2, 0) is 9.59 Å². The van der Waals surface area contributed by atoms with Crippen LogP contribution in [0.25, 0.3) is 0 Å². The molecule has 0 saturated heterocycles. The Labute approximate surface area is 109 Å². The van der Waals surface area contributed by atoms with Crippen LogP contribution in [-0.4, -0.2) is 29.1 Å². The zero-order valence-corrected chi connectivity index (χ0v) is 10.6. The SMILES string of the molecule is COc1cc(C(O)C(=O)O)cc(C(Cl)C(C)=O)c1. The molecule has 5 nitrogen and oxygen atoms in total. The maximum absolute atomic E-state index is 11.2. The highest BCUT2D eigenvalue weighted by Crippen LogP contribution is 2.29. The average molecular weight is 273 g/mol. The minimum atomic E-state index is -1.69. The lowest BCUT2D eigenvalue weighted by atomic mass is 10.0. The van der Waals surface area contributed by atoms with E-state index in [0.717, 1.165) is 0 Å². The molecule has 0 spiro atoms. The number of hydrogen-bond donors (Lipinski definition) is 2. The molecule has 0 heterocycles.